The van der Waals surface area contributed by atoms with Crippen molar-refractivity contribution in [2.24, 2.45) is 0 Å². The highest BCUT2D eigenvalue weighted by Gasteiger charge is 2.18. The summed E-state index contributed by atoms with van der Waals surface area (Å²) in [5, 5.41) is 9.25. The first-order valence-corrected chi connectivity index (χ1v) is 5.57. The quantitative estimate of drug-likeness (QED) is 0.829. The monoisotopic (exact) mass is 238 g/mol. The summed E-state index contributed by atoms with van der Waals surface area (Å²) in [6, 6.07) is 3.43. The second-order valence-corrected chi connectivity index (χ2v) is 3.82. The molecule has 5 heteroatoms. The summed E-state index contributed by atoms with van der Waals surface area (Å²) in [6.45, 7) is 4.22. The smallest absolute Gasteiger partial charge is 0.276 e. The minimum Gasteiger partial charge on any atom is -0.491 e. The Morgan fingerprint density at radius 2 is 2.35 bits per heavy atom. The van der Waals surface area contributed by atoms with E-state index in [1.807, 2.05) is 6.92 Å². The molecule has 0 aliphatic rings. The molecule has 0 aromatic carbocycles. The molecule has 0 spiro atoms. The number of rotatable bonds is 5. The van der Waals surface area contributed by atoms with E-state index >= 15 is 0 Å². The van der Waals surface area contributed by atoms with Crippen LogP contribution in [0.4, 0.5) is 0 Å². The van der Waals surface area contributed by atoms with E-state index in [0.717, 1.165) is 0 Å². The Kier molecular flexibility index (Phi) is 4.90. The molecule has 1 heterocycles. The van der Waals surface area contributed by atoms with Gasteiger partial charge in [-0.2, -0.15) is 0 Å². The summed E-state index contributed by atoms with van der Waals surface area (Å²) in [5.74, 6) is 0.215. The lowest BCUT2D eigenvalue weighted by Crippen LogP contribution is -2.33. The number of aliphatic hydroxyl groups excluding tert-OH is 1. The third kappa shape index (κ3) is 3.71. The number of likely N-dealkylation sites (N-methyl/N-ethyl adjacent to an activating group) is 1. The molecule has 5 nitrogen and oxygen atoms in total. The number of amides is 1. The van der Waals surface area contributed by atoms with Crippen LogP contribution in [0.5, 0.6) is 5.75 Å². The number of hydrogen-bond acceptors (Lipinski definition) is 4. The maximum atomic E-state index is 12.0. The van der Waals surface area contributed by atoms with Crippen LogP contribution in [-0.2, 0) is 0 Å². The number of nitrogens with zero attached hydrogens (tertiary/aromatic N) is 2. The number of pyridine rings is 1. The molecule has 1 rings (SSSR count). The van der Waals surface area contributed by atoms with Crippen molar-refractivity contribution >= 4 is 5.91 Å². The van der Waals surface area contributed by atoms with Crippen molar-refractivity contribution in [1.29, 1.82) is 0 Å². The lowest BCUT2D eigenvalue weighted by molar-refractivity contribution is 0.0693. The molecular formula is C12H18N2O3. The SMILES string of the molecule is CCOc1cccnc1C(=O)N(C)CC(C)O. The van der Waals surface area contributed by atoms with Crippen molar-refractivity contribution in [3.63, 3.8) is 0 Å². The molecule has 0 aliphatic heterocycles. The van der Waals surface area contributed by atoms with Gasteiger partial charge in [-0.05, 0) is 26.0 Å². The summed E-state index contributed by atoms with van der Waals surface area (Å²) in [7, 11) is 1.62. The summed E-state index contributed by atoms with van der Waals surface area (Å²) >= 11 is 0. The van der Waals surface area contributed by atoms with Crippen LogP contribution in [-0.4, -0.2) is 47.2 Å². The van der Waals surface area contributed by atoms with E-state index in [1.165, 1.54) is 4.90 Å². The summed E-state index contributed by atoms with van der Waals surface area (Å²) in [6.07, 6.45) is 0.981. The molecule has 1 unspecified atom stereocenters. The van der Waals surface area contributed by atoms with E-state index in [-0.39, 0.29) is 18.1 Å². The van der Waals surface area contributed by atoms with Crippen LogP contribution in [0, 0.1) is 0 Å². The average Bonchev–Trinajstić information content (AvgIpc) is 2.28. The Balaban J connectivity index is 2.87. The Morgan fingerprint density at radius 3 is 2.94 bits per heavy atom. The highest BCUT2D eigenvalue weighted by atomic mass is 16.5. The minimum atomic E-state index is -0.566. The molecule has 17 heavy (non-hydrogen) atoms. The lowest BCUT2D eigenvalue weighted by Gasteiger charge is -2.19. The molecular weight excluding hydrogens is 220 g/mol. The van der Waals surface area contributed by atoms with Crippen LogP contribution in [0.2, 0.25) is 0 Å². The van der Waals surface area contributed by atoms with Crippen molar-refractivity contribution in [2.75, 3.05) is 20.2 Å². The topological polar surface area (TPSA) is 62.7 Å². The number of carbonyl (C=O) groups excluding carboxylic acids is 1. The molecule has 0 aliphatic carbocycles. The standard InChI is InChI=1S/C12H18N2O3/c1-4-17-10-6-5-7-13-11(10)12(16)14(3)8-9(2)15/h5-7,9,15H,4,8H2,1-3H3. The zero-order valence-corrected chi connectivity index (χ0v) is 10.4. The summed E-state index contributed by atoms with van der Waals surface area (Å²) < 4.78 is 5.34. The largest absolute Gasteiger partial charge is 0.491 e. The molecule has 1 N–H and O–H groups in total. The fourth-order valence-corrected chi connectivity index (χ4v) is 1.48. The van der Waals surface area contributed by atoms with Gasteiger partial charge in [-0.25, -0.2) is 4.98 Å². The van der Waals surface area contributed by atoms with Crippen LogP contribution < -0.4 is 4.74 Å². The van der Waals surface area contributed by atoms with Gasteiger partial charge in [0.1, 0.15) is 0 Å². The summed E-state index contributed by atoms with van der Waals surface area (Å²) in [5.41, 5.74) is 0.275. The van der Waals surface area contributed by atoms with Crippen molar-refractivity contribution in [3.05, 3.63) is 24.0 Å². The van der Waals surface area contributed by atoms with Gasteiger partial charge >= 0.3 is 0 Å². The van der Waals surface area contributed by atoms with Crippen LogP contribution in [0.3, 0.4) is 0 Å². The van der Waals surface area contributed by atoms with Gasteiger partial charge in [-0.1, -0.05) is 0 Å². The predicted molar refractivity (Wildman–Crippen MR) is 64.0 cm³/mol. The molecule has 0 saturated heterocycles. The highest BCUT2D eigenvalue weighted by Crippen LogP contribution is 2.16. The first-order chi connectivity index (χ1) is 8.06. The van der Waals surface area contributed by atoms with Gasteiger partial charge in [0.25, 0.3) is 5.91 Å². The van der Waals surface area contributed by atoms with Gasteiger partial charge in [0.15, 0.2) is 11.4 Å². The van der Waals surface area contributed by atoms with Crippen molar-refractivity contribution < 1.29 is 14.6 Å². The molecule has 1 aromatic heterocycles. The fraction of sp³-hybridized carbons (Fsp3) is 0.500. The molecule has 1 atom stereocenters. The Bertz CT molecular complexity index is 380. The zero-order valence-electron chi connectivity index (χ0n) is 10.4. The Morgan fingerprint density at radius 1 is 1.65 bits per heavy atom. The van der Waals surface area contributed by atoms with E-state index in [0.29, 0.717) is 12.4 Å². The van der Waals surface area contributed by atoms with E-state index in [1.54, 1.807) is 32.3 Å². The van der Waals surface area contributed by atoms with Gasteiger partial charge < -0.3 is 14.7 Å². The van der Waals surface area contributed by atoms with Crippen LogP contribution >= 0.6 is 0 Å². The van der Waals surface area contributed by atoms with Gasteiger partial charge in [0.05, 0.1) is 12.7 Å². The molecule has 94 valence electrons. The van der Waals surface area contributed by atoms with Crippen molar-refractivity contribution in [2.45, 2.75) is 20.0 Å². The zero-order chi connectivity index (χ0) is 12.8. The second-order valence-electron chi connectivity index (χ2n) is 3.82. The Hall–Kier alpha value is -1.62. The molecule has 0 saturated carbocycles. The van der Waals surface area contributed by atoms with Crippen LogP contribution in [0.15, 0.2) is 18.3 Å². The van der Waals surface area contributed by atoms with Gasteiger partial charge in [0, 0.05) is 19.8 Å². The Labute approximate surface area is 101 Å². The lowest BCUT2D eigenvalue weighted by atomic mass is 10.2. The number of ether oxygens (including phenoxy) is 1. The third-order valence-corrected chi connectivity index (χ3v) is 2.16. The van der Waals surface area contributed by atoms with Gasteiger partial charge in [-0.15, -0.1) is 0 Å². The average molecular weight is 238 g/mol. The molecule has 1 aromatic rings. The highest BCUT2D eigenvalue weighted by molar-refractivity contribution is 5.94. The third-order valence-electron chi connectivity index (χ3n) is 2.16. The maximum absolute atomic E-state index is 12.0. The number of carbonyl (C=O) groups is 1. The minimum absolute atomic E-state index is 0.255. The number of hydrogen-bond donors (Lipinski definition) is 1. The van der Waals surface area contributed by atoms with Crippen LogP contribution in [0.1, 0.15) is 24.3 Å². The molecule has 1 amide bonds. The maximum Gasteiger partial charge on any atom is 0.276 e. The predicted octanol–water partition coefficient (Wildman–Crippen LogP) is 0.933. The van der Waals surface area contributed by atoms with E-state index in [9.17, 15) is 9.90 Å². The van der Waals surface area contributed by atoms with E-state index in [2.05, 4.69) is 4.98 Å². The van der Waals surface area contributed by atoms with E-state index in [4.69, 9.17) is 4.74 Å². The first-order valence-electron chi connectivity index (χ1n) is 5.57. The molecule has 0 bridgehead atoms. The molecule has 0 fully saturated rings. The summed E-state index contributed by atoms with van der Waals surface area (Å²) in [4.78, 5) is 17.5. The van der Waals surface area contributed by atoms with Gasteiger partial charge in [-0.3, -0.25) is 4.79 Å². The van der Waals surface area contributed by atoms with Crippen LogP contribution in [0.25, 0.3) is 0 Å². The first kappa shape index (κ1) is 13.4. The fourth-order valence-electron chi connectivity index (χ4n) is 1.48. The number of aromatic nitrogens is 1. The second kappa shape index (κ2) is 6.20. The van der Waals surface area contributed by atoms with Crippen molar-refractivity contribution in [1.82, 2.24) is 9.88 Å². The molecule has 0 radical (unpaired) electrons. The van der Waals surface area contributed by atoms with Gasteiger partial charge in [0.2, 0.25) is 0 Å². The van der Waals surface area contributed by atoms with Crippen molar-refractivity contribution in [3.8, 4) is 5.75 Å². The number of aliphatic hydroxyl groups is 1. The normalized spacial score (nSPS) is 12.0. The van der Waals surface area contributed by atoms with E-state index < -0.39 is 6.10 Å².